The minimum atomic E-state index is -1.56. The van der Waals surface area contributed by atoms with Gasteiger partial charge >= 0.3 is 17.1 Å². The Labute approximate surface area is 199 Å². The summed E-state index contributed by atoms with van der Waals surface area (Å²) in [5.41, 5.74) is 21.2. The van der Waals surface area contributed by atoms with Gasteiger partial charge in [0.05, 0.1) is 0 Å². The molecule has 168 valence electrons. The molecule has 0 atom stereocenters. The van der Waals surface area contributed by atoms with Gasteiger partial charge in [-0.1, -0.05) is 17.2 Å². The van der Waals surface area contributed by atoms with Gasteiger partial charge < -0.3 is 0 Å². The van der Waals surface area contributed by atoms with E-state index in [4.69, 9.17) is 0 Å². The van der Waals surface area contributed by atoms with Gasteiger partial charge in [-0.3, -0.25) is 0 Å². The Morgan fingerprint density at radius 3 is 0.944 bits per heavy atom. The lowest BCUT2D eigenvalue weighted by atomic mass is 10.5. The molecule has 1 aromatic rings. The first-order valence-corrected chi connectivity index (χ1v) is 8.64. The van der Waals surface area contributed by atoms with E-state index in [9.17, 15) is 28.8 Å². The average molecular weight is 474 g/mol. The normalized spacial score (nSPS) is 7.33. The Kier molecular flexibility index (Phi) is 10.7. The summed E-state index contributed by atoms with van der Waals surface area (Å²) in [7, 11) is 0. The van der Waals surface area contributed by atoms with E-state index in [1.807, 2.05) is 0 Å². The largest absolute Gasteiger partial charge is 0.349 e. The maximum absolute atomic E-state index is 13.2. The van der Waals surface area contributed by atoms with Crippen molar-refractivity contribution in [3.8, 4) is 0 Å². The van der Waals surface area contributed by atoms with Crippen LogP contribution >= 0.6 is 0 Å². The molecule has 0 bridgehead atoms. The van der Waals surface area contributed by atoms with Crippen LogP contribution in [0.1, 0.15) is 0 Å². The lowest BCUT2D eigenvalue weighted by molar-refractivity contribution is 0.564. The van der Waals surface area contributed by atoms with E-state index in [-0.39, 0.29) is 13.7 Å². The van der Waals surface area contributed by atoms with Gasteiger partial charge in [0.25, 0.3) is 0 Å². The van der Waals surface area contributed by atoms with Crippen molar-refractivity contribution in [1.82, 2.24) is 13.7 Å². The number of hydrogen-bond acceptors (Lipinski definition) is 9. The molecule has 0 N–H and O–H groups in total. The quantitative estimate of drug-likeness (QED) is 0.329. The van der Waals surface area contributed by atoms with Gasteiger partial charge in [0.1, 0.15) is 0 Å². The summed E-state index contributed by atoms with van der Waals surface area (Å²) in [5.74, 6) is -2.65. The van der Waals surface area contributed by atoms with Crippen molar-refractivity contribution in [2.45, 2.75) is 0 Å². The molecule has 0 fully saturated rings. The Balaban J connectivity index is 4.97. The van der Waals surface area contributed by atoms with Crippen LogP contribution in [0.2, 0.25) is 0 Å². The summed E-state index contributed by atoms with van der Waals surface area (Å²) in [5, 5.41) is 0. The van der Waals surface area contributed by atoms with Gasteiger partial charge in [0.2, 0.25) is 35.7 Å². The first-order valence-electron chi connectivity index (χ1n) is 8.64. The summed E-state index contributed by atoms with van der Waals surface area (Å²) in [6.45, 7) is 9.62. The van der Waals surface area contributed by atoms with Gasteiger partial charge in [-0.15, -0.1) is 15.0 Å². The second-order valence-electron chi connectivity index (χ2n) is 5.09. The molecule has 0 aliphatic heterocycles. The summed E-state index contributed by atoms with van der Waals surface area (Å²) >= 11 is 0. The third-order valence-corrected chi connectivity index (χ3v) is 3.21. The fourth-order valence-corrected chi connectivity index (χ4v) is 2.01. The molecular formula is C24H6N6O6. The molecule has 0 spiro atoms. The van der Waals surface area contributed by atoms with Crippen molar-refractivity contribution in [2.24, 2.45) is 15.0 Å². The first kappa shape index (κ1) is 27.2. The Morgan fingerprint density at radius 1 is 0.500 bits per heavy atom. The molecular weight excluding hydrogens is 468 g/mol. The van der Waals surface area contributed by atoms with Crippen LogP contribution in [0.3, 0.4) is 0 Å². The molecule has 0 aliphatic carbocycles. The van der Waals surface area contributed by atoms with Crippen molar-refractivity contribution in [2.75, 3.05) is 0 Å². The maximum atomic E-state index is 13.2. The number of carbonyl (C=O) groups excluding carboxylic acids is 3. The van der Waals surface area contributed by atoms with Crippen LogP contribution in [0.15, 0.2) is 118 Å². The SMILES string of the molecule is C=C=C=C=C=C(N=C=O)n1c(=O)n(C(=C=C=C=C=C)N=C=O)c(=O)n(C(=C=C=C=C=C)N=C=O)c1=O. The second kappa shape index (κ2) is 14.2. The Morgan fingerprint density at radius 2 is 0.750 bits per heavy atom. The van der Waals surface area contributed by atoms with Crippen molar-refractivity contribution >= 4 is 35.7 Å². The van der Waals surface area contributed by atoms with E-state index in [1.165, 1.54) is 0 Å². The Bertz CT molecular complexity index is 1730. The molecule has 1 rings (SSSR count). The van der Waals surface area contributed by atoms with Crippen LogP contribution in [-0.2, 0) is 14.4 Å². The van der Waals surface area contributed by atoms with Gasteiger partial charge in [-0.05, 0) is 71.3 Å². The molecule has 0 aliphatic rings. The van der Waals surface area contributed by atoms with E-state index >= 15 is 0 Å². The summed E-state index contributed by atoms with van der Waals surface area (Å²) in [6.07, 6.45) is 3.24. The van der Waals surface area contributed by atoms with Gasteiger partial charge in [0, 0.05) is 0 Å². The summed E-state index contributed by atoms with van der Waals surface area (Å²) < 4.78 is 0.233. The highest BCUT2D eigenvalue weighted by atomic mass is 16.2. The number of rotatable bonds is 6. The van der Waals surface area contributed by atoms with Crippen molar-refractivity contribution in [3.63, 3.8) is 0 Å². The maximum Gasteiger partial charge on any atom is 0.349 e. The van der Waals surface area contributed by atoms with Crippen molar-refractivity contribution in [1.29, 1.82) is 0 Å². The fourth-order valence-electron chi connectivity index (χ4n) is 2.01. The zero-order valence-electron chi connectivity index (χ0n) is 17.8. The number of hydrogen-bond donors (Lipinski definition) is 0. The van der Waals surface area contributed by atoms with E-state index in [2.05, 4.69) is 103 Å². The molecule has 0 saturated heterocycles. The van der Waals surface area contributed by atoms with E-state index < -0.39 is 34.5 Å². The standard InChI is InChI=1S/C24H6N6O6/c1-4-7-10-13-19(25-16-31)28-22(34)29(20(26-17-32)14-11-8-5-2)24(36)30(23(28)35)21(27-18-33)15-12-9-6-3/h1-3H2. The first-order chi connectivity index (χ1) is 17.4. The van der Waals surface area contributed by atoms with Crippen LogP contribution in [0, 0.1) is 0 Å². The zero-order chi connectivity index (χ0) is 26.9. The van der Waals surface area contributed by atoms with Gasteiger partial charge in [0.15, 0.2) is 0 Å². The number of nitrogens with zero attached hydrogens (tertiary/aromatic N) is 6. The van der Waals surface area contributed by atoms with Crippen molar-refractivity contribution in [3.05, 3.63) is 120 Å². The molecule has 1 heterocycles. The smallest absolute Gasteiger partial charge is 0.246 e. The lowest BCUT2D eigenvalue weighted by Gasteiger charge is -2.10. The highest BCUT2D eigenvalue weighted by Gasteiger charge is 2.23. The molecule has 1 aromatic heterocycles. The monoisotopic (exact) mass is 474 g/mol. The molecule has 0 unspecified atom stereocenters. The van der Waals surface area contributed by atoms with E-state index in [1.54, 1.807) is 0 Å². The van der Waals surface area contributed by atoms with Gasteiger partial charge in [-0.2, -0.15) is 13.7 Å². The zero-order valence-corrected chi connectivity index (χ0v) is 17.8. The molecule has 0 amide bonds. The van der Waals surface area contributed by atoms with Gasteiger partial charge in [-0.25, -0.2) is 28.8 Å². The van der Waals surface area contributed by atoms with Crippen LogP contribution < -0.4 is 17.1 Å². The summed E-state index contributed by atoms with van der Waals surface area (Å²) in [4.78, 5) is 81.9. The number of aromatic nitrogens is 3. The molecule has 0 radical (unpaired) electrons. The van der Waals surface area contributed by atoms with Crippen LogP contribution in [-0.4, -0.2) is 31.9 Å². The Hall–Kier alpha value is -6.87. The van der Waals surface area contributed by atoms with E-state index in [0.29, 0.717) is 0 Å². The van der Waals surface area contributed by atoms with E-state index in [0.717, 1.165) is 18.2 Å². The highest BCUT2D eigenvalue weighted by Crippen LogP contribution is 2.02. The fraction of sp³-hybridized carbons (Fsp3) is 0. The number of isocyanates is 3. The predicted octanol–water partition coefficient (Wildman–Crippen LogP) is 0.325. The molecule has 12 nitrogen and oxygen atoms in total. The lowest BCUT2D eigenvalue weighted by Crippen LogP contribution is -2.53. The topological polar surface area (TPSA) is 154 Å². The van der Waals surface area contributed by atoms with Crippen LogP contribution in [0.5, 0.6) is 0 Å². The van der Waals surface area contributed by atoms with Crippen molar-refractivity contribution < 1.29 is 14.4 Å². The minimum Gasteiger partial charge on any atom is -0.246 e. The predicted molar refractivity (Wildman–Crippen MR) is 122 cm³/mol. The summed E-state index contributed by atoms with van der Waals surface area (Å²) in [6, 6.07) is 0. The van der Waals surface area contributed by atoms with Crippen LogP contribution in [0.4, 0.5) is 0 Å². The molecule has 12 heteroatoms. The highest BCUT2D eigenvalue weighted by molar-refractivity contribution is 5.57. The number of aliphatic imine (C=N–C) groups is 3. The third kappa shape index (κ3) is 6.56. The van der Waals surface area contributed by atoms with Crippen LogP contribution in [0.25, 0.3) is 17.5 Å². The molecule has 0 aromatic carbocycles. The molecule has 36 heavy (non-hydrogen) atoms. The second-order valence-corrected chi connectivity index (χ2v) is 5.09. The molecule has 0 saturated carbocycles. The average Bonchev–Trinajstić information content (AvgIpc) is 2.84. The minimum absolute atomic E-state index is 0.0776. The third-order valence-electron chi connectivity index (χ3n) is 3.21.